The van der Waals surface area contributed by atoms with E-state index in [-0.39, 0.29) is 12.6 Å². The van der Waals surface area contributed by atoms with Gasteiger partial charge in [-0.2, -0.15) is 5.10 Å². The first-order valence-corrected chi connectivity index (χ1v) is 5.25. The Labute approximate surface area is 94.3 Å². The van der Waals surface area contributed by atoms with Gasteiger partial charge in [-0.25, -0.2) is 4.68 Å². The van der Waals surface area contributed by atoms with Crippen molar-refractivity contribution in [2.45, 2.75) is 12.5 Å². The van der Waals surface area contributed by atoms with E-state index >= 15 is 0 Å². The molecule has 0 spiro atoms. The summed E-state index contributed by atoms with van der Waals surface area (Å²) in [5.74, 6) is 0. The Kier molecular flexibility index (Phi) is 3.34. The summed E-state index contributed by atoms with van der Waals surface area (Å²) in [5, 5.41) is 13.0. The average Bonchev–Trinajstić information content (AvgIpc) is 2.83. The lowest BCUT2D eigenvalue weighted by molar-refractivity contribution is 0.265. The normalized spacial score (nSPS) is 12.6. The molecule has 3 N–H and O–H groups in total. The van der Waals surface area contributed by atoms with E-state index in [0.29, 0.717) is 6.42 Å². The molecule has 0 fully saturated rings. The third-order valence-electron chi connectivity index (χ3n) is 2.44. The quantitative estimate of drug-likeness (QED) is 0.793. The van der Waals surface area contributed by atoms with Crippen LogP contribution in [0.2, 0.25) is 0 Å². The second-order valence-electron chi connectivity index (χ2n) is 3.76. The molecule has 16 heavy (non-hydrogen) atoms. The van der Waals surface area contributed by atoms with Crippen LogP contribution in [-0.2, 0) is 6.42 Å². The van der Waals surface area contributed by atoms with Gasteiger partial charge in [-0.3, -0.25) is 0 Å². The molecule has 0 bridgehead atoms. The molecule has 4 nitrogen and oxygen atoms in total. The van der Waals surface area contributed by atoms with Crippen LogP contribution in [0.5, 0.6) is 0 Å². The fourth-order valence-corrected chi connectivity index (χ4v) is 1.57. The standard InChI is InChI=1S/C12H15N3O/c13-11(9-16)8-10-2-4-12(5-3-10)15-7-1-6-14-15/h1-7,11,16H,8-9,13H2. The molecule has 1 unspecified atom stereocenters. The summed E-state index contributed by atoms with van der Waals surface area (Å²) in [7, 11) is 0. The lowest BCUT2D eigenvalue weighted by Gasteiger charge is -2.08. The van der Waals surface area contributed by atoms with Crippen LogP contribution in [0, 0.1) is 0 Å². The van der Waals surface area contributed by atoms with Crippen LogP contribution in [0.15, 0.2) is 42.7 Å². The van der Waals surface area contributed by atoms with Crippen molar-refractivity contribution >= 4 is 0 Å². The summed E-state index contributed by atoms with van der Waals surface area (Å²) >= 11 is 0. The molecule has 1 aromatic carbocycles. The minimum atomic E-state index is -0.185. The van der Waals surface area contributed by atoms with E-state index in [4.69, 9.17) is 10.8 Å². The molecular formula is C12H15N3O. The first-order chi connectivity index (χ1) is 7.79. The Morgan fingerprint density at radius 2 is 2.06 bits per heavy atom. The van der Waals surface area contributed by atoms with Crippen LogP contribution in [-0.4, -0.2) is 27.5 Å². The molecule has 2 rings (SSSR count). The van der Waals surface area contributed by atoms with Gasteiger partial charge in [-0.05, 0) is 30.2 Å². The highest BCUT2D eigenvalue weighted by atomic mass is 16.3. The first kappa shape index (κ1) is 10.9. The van der Waals surface area contributed by atoms with Gasteiger partial charge in [0, 0.05) is 18.4 Å². The highest BCUT2D eigenvalue weighted by Crippen LogP contribution is 2.09. The van der Waals surface area contributed by atoms with E-state index < -0.39 is 0 Å². The maximum atomic E-state index is 8.86. The number of aromatic nitrogens is 2. The largest absolute Gasteiger partial charge is 0.395 e. The van der Waals surface area contributed by atoms with E-state index in [1.165, 1.54) is 0 Å². The maximum absolute atomic E-state index is 8.86. The highest BCUT2D eigenvalue weighted by molar-refractivity contribution is 5.34. The summed E-state index contributed by atoms with van der Waals surface area (Å²) in [6, 6.07) is 9.70. The van der Waals surface area contributed by atoms with Gasteiger partial charge in [0.25, 0.3) is 0 Å². The number of benzene rings is 1. The van der Waals surface area contributed by atoms with Crippen molar-refractivity contribution in [3.63, 3.8) is 0 Å². The van der Waals surface area contributed by atoms with Crippen LogP contribution in [0.4, 0.5) is 0 Å². The smallest absolute Gasteiger partial charge is 0.0645 e. The van der Waals surface area contributed by atoms with Gasteiger partial charge in [0.05, 0.1) is 12.3 Å². The summed E-state index contributed by atoms with van der Waals surface area (Å²) in [4.78, 5) is 0. The zero-order valence-corrected chi connectivity index (χ0v) is 8.95. The molecule has 0 saturated carbocycles. The van der Waals surface area contributed by atoms with Crippen LogP contribution < -0.4 is 5.73 Å². The van der Waals surface area contributed by atoms with E-state index in [1.54, 1.807) is 10.9 Å². The molecule has 0 radical (unpaired) electrons. The zero-order valence-electron chi connectivity index (χ0n) is 8.95. The maximum Gasteiger partial charge on any atom is 0.0645 e. The van der Waals surface area contributed by atoms with Crippen molar-refractivity contribution < 1.29 is 5.11 Å². The number of hydrogen-bond donors (Lipinski definition) is 2. The first-order valence-electron chi connectivity index (χ1n) is 5.25. The molecule has 1 aromatic heterocycles. The van der Waals surface area contributed by atoms with E-state index in [2.05, 4.69) is 5.10 Å². The van der Waals surface area contributed by atoms with Crippen molar-refractivity contribution in [1.82, 2.24) is 9.78 Å². The Morgan fingerprint density at radius 1 is 1.31 bits per heavy atom. The van der Waals surface area contributed by atoms with Gasteiger partial charge in [0.1, 0.15) is 0 Å². The van der Waals surface area contributed by atoms with E-state index in [0.717, 1.165) is 11.3 Å². The molecule has 0 aliphatic heterocycles. The fourth-order valence-electron chi connectivity index (χ4n) is 1.57. The number of hydrogen-bond acceptors (Lipinski definition) is 3. The topological polar surface area (TPSA) is 64.1 Å². The van der Waals surface area contributed by atoms with Gasteiger partial charge in [-0.1, -0.05) is 12.1 Å². The second-order valence-corrected chi connectivity index (χ2v) is 3.76. The summed E-state index contributed by atoms with van der Waals surface area (Å²) in [6.45, 7) is 0.0148. The molecule has 84 valence electrons. The molecule has 2 aromatic rings. The molecular weight excluding hydrogens is 202 g/mol. The lowest BCUT2D eigenvalue weighted by Crippen LogP contribution is -2.26. The monoisotopic (exact) mass is 217 g/mol. The number of aliphatic hydroxyl groups is 1. The highest BCUT2D eigenvalue weighted by Gasteiger charge is 2.02. The van der Waals surface area contributed by atoms with Gasteiger partial charge in [-0.15, -0.1) is 0 Å². The van der Waals surface area contributed by atoms with Crippen LogP contribution >= 0.6 is 0 Å². The average molecular weight is 217 g/mol. The summed E-state index contributed by atoms with van der Waals surface area (Å²) < 4.78 is 1.80. The minimum Gasteiger partial charge on any atom is -0.395 e. The number of aliphatic hydroxyl groups excluding tert-OH is 1. The van der Waals surface area contributed by atoms with Gasteiger partial charge < -0.3 is 10.8 Å². The minimum absolute atomic E-state index is 0.0148. The third kappa shape index (κ3) is 2.48. The Balaban J connectivity index is 2.11. The second kappa shape index (κ2) is 4.92. The van der Waals surface area contributed by atoms with E-state index in [1.807, 2.05) is 36.5 Å². The molecule has 1 atom stereocenters. The van der Waals surface area contributed by atoms with Crippen molar-refractivity contribution in [3.8, 4) is 5.69 Å². The van der Waals surface area contributed by atoms with Crippen LogP contribution in [0.1, 0.15) is 5.56 Å². The number of nitrogens with two attached hydrogens (primary N) is 1. The van der Waals surface area contributed by atoms with Crippen molar-refractivity contribution in [2.24, 2.45) is 5.73 Å². The predicted octanol–water partition coefficient (Wildman–Crippen LogP) is 0.734. The Morgan fingerprint density at radius 3 is 2.62 bits per heavy atom. The fraction of sp³-hybridized carbons (Fsp3) is 0.250. The zero-order chi connectivity index (χ0) is 11.4. The third-order valence-corrected chi connectivity index (χ3v) is 2.44. The molecule has 0 aliphatic carbocycles. The van der Waals surface area contributed by atoms with E-state index in [9.17, 15) is 0 Å². The summed E-state index contributed by atoms with van der Waals surface area (Å²) in [5.41, 5.74) is 7.81. The Bertz CT molecular complexity index is 422. The lowest BCUT2D eigenvalue weighted by atomic mass is 10.1. The van der Waals surface area contributed by atoms with Crippen molar-refractivity contribution in [2.75, 3.05) is 6.61 Å². The van der Waals surface area contributed by atoms with Crippen molar-refractivity contribution in [3.05, 3.63) is 48.3 Å². The number of rotatable bonds is 4. The van der Waals surface area contributed by atoms with Crippen LogP contribution in [0.3, 0.4) is 0 Å². The van der Waals surface area contributed by atoms with Crippen LogP contribution in [0.25, 0.3) is 5.69 Å². The molecule has 0 saturated heterocycles. The SMILES string of the molecule is NC(CO)Cc1ccc(-n2cccn2)cc1. The van der Waals surface area contributed by atoms with Gasteiger partial charge in [0.2, 0.25) is 0 Å². The summed E-state index contributed by atoms with van der Waals surface area (Å²) in [6.07, 6.45) is 4.33. The van der Waals surface area contributed by atoms with Gasteiger partial charge in [0.15, 0.2) is 0 Å². The Hall–Kier alpha value is -1.65. The molecule has 4 heteroatoms. The molecule has 0 aliphatic rings. The van der Waals surface area contributed by atoms with Gasteiger partial charge >= 0.3 is 0 Å². The molecule has 0 amide bonds. The number of nitrogens with zero attached hydrogens (tertiary/aromatic N) is 2. The predicted molar refractivity (Wildman–Crippen MR) is 62.3 cm³/mol. The van der Waals surface area contributed by atoms with Crippen molar-refractivity contribution in [1.29, 1.82) is 0 Å². The molecule has 1 heterocycles.